The third-order valence-electron chi connectivity index (χ3n) is 5.28. The molecule has 31 heavy (non-hydrogen) atoms. The largest absolute Gasteiger partial charge is 0.478 e. The van der Waals surface area contributed by atoms with Crippen LogP contribution in [0.4, 0.5) is 4.39 Å². The number of alkyl halides is 1. The minimum atomic E-state index is -1.00. The fourth-order valence-electron chi connectivity index (χ4n) is 3.76. The van der Waals surface area contributed by atoms with Crippen molar-refractivity contribution in [3.63, 3.8) is 0 Å². The molecule has 0 unspecified atom stereocenters. The first kappa shape index (κ1) is 22.2. The molecule has 0 fully saturated rings. The number of aromatic carboxylic acids is 1. The van der Waals surface area contributed by atoms with Gasteiger partial charge in [-0.25, -0.2) is 18.5 Å². The molecule has 3 rings (SSSR count). The van der Waals surface area contributed by atoms with Gasteiger partial charge in [0.05, 0.1) is 17.8 Å². The number of halogens is 1. The second-order valence-corrected chi connectivity index (χ2v) is 7.28. The van der Waals surface area contributed by atoms with Gasteiger partial charge in [-0.15, -0.1) is 0 Å². The van der Waals surface area contributed by atoms with Crippen LogP contribution in [0.2, 0.25) is 0 Å². The third kappa shape index (κ3) is 4.35. The number of nitrogens with zero attached hydrogens (tertiary/aromatic N) is 2. The van der Waals surface area contributed by atoms with Crippen molar-refractivity contribution >= 4 is 11.9 Å². The van der Waals surface area contributed by atoms with Crippen molar-refractivity contribution in [1.82, 2.24) is 9.13 Å². The molecule has 0 aliphatic carbocycles. The molecule has 6 nitrogen and oxygen atoms in total. The van der Waals surface area contributed by atoms with Crippen LogP contribution in [0.1, 0.15) is 58.8 Å². The lowest BCUT2D eigenvalue weighted by Crippen LogP contribution is -2.30. The van der Waals surface area contributed by atoms with Crippen molar-refractivity contribution in [1.29, 1.82) is 0 Å². The molecule has 1 N–H and O–H groups in total. The van der Waals surface area contributed by atoms with Crippen LogP contribution in [0.5, 0.6) is 0 Å². The number of hydrogen-bond acceptors (Lipinski definition) is 3. The van der Waals surface area contributed by atoms with E-state index in [2.05, 4.69) is 0 Å². The normalized spacial score (nSPS) is 10.9. The lowest BCUT2D eigenvalue weighted by Gasteiger charge is -2.10. The van der Waals surface area contributed by atoms with E-state index in [1.165, 1.54) is 4.57 Å². The highest BCUT2D eigenvalue weighted by Gasteiger charge is 2.22. The number of carboxylic acids is 1. The average molecular weight is 424 g/mol. The smallest absolute Gasteiger partial charge is 0.336 e. The van der Waals surface area contributed by atoms with Crippen molar-refractivity contribution < 1.29 is 19.1 Å². The molecular weight excluding hydrogens is 399 g/mol. The molecular formula is C24H25FN2O4. The summed E-state index contributed by atoms with van der Waals surface area (Å²) in [6.45, 7) is 2.89. The summed E-state index contributed by atoms with van der Waals surface area (Å²) in [4.78, 5) is 36.7. The number of carboxylic acid groups (broad SMARTS) is 1. The molecule has 0 saturated carbocycles. The van der Waals surface area contributed by atoms with E-state index in [0.717, 1.165) is 15.7 Å². The summed E-state index contributed by atoms with van der Waals surface area (Å²) < 4.78 is 16.2. The Morgan fingerprint density at radius 1 is 1.00 bits per heavy atom. The second-order valence-electron chi connectivity index (χ2n) is 7.28. The number of benzene rings is 2. The highest BCUT2D eigenvalue weighted by atomic mass is 19.1. The van der Waals surface area contributed by atoms with E-state index in [1.807, 2.05) is 19.1 Å². The van der Waals surface area contributed by atoms with Crippen LogP contribution in [0.3, 0.4) is 0 Å². The van der Waals surface area contributed by atoms with Crippen LogP contribution in [0, 0.1) is 0 Å². The van der Waals surface area contributed by atoms with E-state index < -0.39 is 24.2 Å². The van der Waals surface area contributed by atoms with E-state index in [9.17, 15) is 23.9 Å². The molecule has 0 bridgehead atoms. The van der Waals surface area contributed by atoms with Gasteiger partial charge in [0.25, 0.3) is 0 Å². The lowest BCUT2D eigenvalue weighted by molar-refractivity contribution is 0.0697. The number of rotatable bonds is 8. The van der Waals surface area contributed by atoms with Crippen molar-refractivity contribution in [3.8, 4) is 11.1 Å². The summed E-state index contributed by atoms with van der Waals surface area (Å²) in [5, 5.41) is 9.41. The van der Waals surface area contributed by atoms with Crippen LogP contribution in [-0.4, -0.2) is 26.1 Å². The second kappa shape index (κ2) is 9.55. The minimum absolute atomic E-state index is 0.111. The van der Waals surface area contributed by atoms with Crippen LogP contribution in [0.25, 0.3) is 11.1 Å². The van der Waals surface area contributed by atoms with Gasteiger partial charge in [-0.2, -0.15) is 0 Å². The fraction of sp³-hybridized carbons (Fsp3) is 0.292. The number of hydrogen-bond donors (Lipinski definition) is 1. The molecule has 1 aromatic heterocycles. The van der Waals surface area contributed by atoms with Gasteiger partial charge in [0, 0.05) is 12.1 Å². The molecule has 0 spiro atoms. The molecule has 0 saturated heterocycles. The van der Waals surface area contributed by atoms with E-state index in [-0.39, 0.29) is 24.2 Å². The molecule has 0 atom stereocenters. The fourth-order valence-corrected chi connectivity index (χ4v) is 3.76. The summed E-state index contributed by atoms with van der Waals surface area (Å²) >= 11 is 0. The van der Waals surface area contributed by atoms with Gasteiger partial charge in [-0.05, 0) is 29.2 Å². The number of carbonyl (C=O) groups is 2. The van der Waals surface area contributed by atoms with Gasteiger partial charge in [0.15, 0.2) is 0 Å². The Balaban J connectivity index is 2.00. The number of imidazole rings is 1. The van der Waals surface area contributed by atoms with Gasteiger partial charge in [-0.1, -0.05) is 62.7 Å². The first-order valence-corrected chi connectivity index (χ1v) is 10.3. The topological polar surface area (TPSA) is 81.3 Å². The van der Waals surface area contributed by atoms with Gasteiger partial charge >= 0.3 is 11.7 Å². The zero-order valence-electron chi connectivity index (χ0n) is 17.6. The van der Waals surface area contributed by atoms with Gasteiger partial charge in [0.2, 0.25) is 5.91 Å². The lowest BCUT2D eigenvalue weighted by atomic mass is 9.99. The highest BCUT2D eigenvalue weighted by Crippen LogP contribution is 2.24. The molecule has 0 aliphatic rings. The van der Waals surface area contributed by atoms with Gasteiger partial charge in [0.1, 0.15) is 6.67 Å². The van der Waals surface area contributed by atoms with E-state index >= 15 is 0 Å². The maximum atomic E-state index is 13.8. The molecule has 0 amide bonds. The Labute approximate surface area is 179 Å². The summed E-state index contributed by atoms with van der Waals surface area (Å²) in [6, 6.07) is 14.0. The van der Waals surface area contributed by atoms with Gasteiger partial charge < -0.3 is 5.11 Å². The molecule has 0 aliphatic heterocycles. The van der Waals surface area contributed by atoms with Crippen molar-refractivity contribution in [2.24, 2.45) is 0 Å². The standard InChI is InChI=1S/C24H25FN2O4/c1-3-7-20-21(14-25)27(22(28)4-2)24(31)26(20)15-16-10-12-17(13-11-16)18-8-5-6-9-19(18)23(29)30/h5-6,8-13H,3-4,7,14-15H2,1-2H3,(H,29,30). The van der Waals surface area contributed by atoms with Gasteiger partial charge in [-0.3, -0.25) is 9.36 Å². The number of carbonyl (C=O) groups excluding carboxylic acids is 1. The maximum Gasteiger partial charge on any atom is 0.336 e. The Morgan fingerprint density at radius 3 is 2.26 bits per heavy atom. The monoisotopic (exact) mass is 424 g/mol. The molecule has 7 heteroatoms. The minimum Gasteiger partial charge on any atom is -0.478 e. The van der Waals surface area contributed by atoms with Crippen LogP contribution in [-0.2, 0) is 19.6 Å². The molecule has 0 radical (unpaired) electrons. The summed E-state index contributed by atoms with van der Waals surface area (Å²) in [5.41, 5.74) is 2.49. The predicted molar refractivity (Wildman–Crippen MR) is 116 cm³/mol. The zero-order valence-corrected chi connectivity index (χ0v) is 17.6. The Bertz CT molecular complexity index is 1160. The maximum absolute atomic E-state index is 13.8. The Hall–Kier alpha value is -3.48. The van der Waals surface area contributed by atoms with E-state index in [1.54, 1.807) is 43.3 Å². The molecule has 3 aromatic rings. The van der Waals surface area contributed by atoms with Crippen molar-refractivity contribution in [3.05, 3.63) is 81.5 Å². The van der Waals surface area contributed by atoms with Crippen LogP contribution >= 0.6 is 0 Å². The third-order valence-corrected chi connectivity index (χ3v) is 5.28. The molecule has 1 heterocycles. The first-order valence-electron chi connectivity index (χ1n) is 10.3. The van der Waals surface area contributed by atoms with Crippen LogP contribution in [0.15, 0.2) is 53.3 Å². The molecule has 162 valence electrons. The van der Waals surface area contributed by atoms with E-state index in [0.29, 0.717) is 24.1 Å². The Morgan fingerprint density at radius 2 is 1.68 bits per heavy atom. The zero-order chi connectivity index (χ0) is 22.5. The summed E-state index contributed by atoms with van der Waals surface area (Å²) in [6.07, 6.45) is 1.31. The summed E-state index contributed by atoms with van der Waals surface area (Å²) in [5.74, 6) is -1.43. The quantitative estimate of drug-likeness (QED) is 0.576. The van der Waals surface area contributed by atoms with Crippen molar-refractivity contribution in [2.45, 2.75) is 46.3 Å². The Kier molecular flexibility index (Phi) is 6.84. The SMILES string of the molecule is CCCc1c(CF)n(C(=O)CC)c(=O)n1Cc1ccc(-c2ccccc2C(=O)O)cc1. The average Bonchev–Trinajstić information content (AvgIpc) is 3.04. The summed E-state index contributed by atoms with van der Waals surface area (Å²) in [7, 11) is 0. The first-order chi connectivity index (χ1) is 14.9. The number of aromatic nitrogens is 2. The van der Waals surface area contributed by atoms with Crippen LogP contribution < -0.4 is 5.69 Å². The highest BCUT2D eigenvalue weighted by molar-refractivity contribution is 5.96. The van der Waals surface area contributed by atoms with Crippen molar-refractivity contribution in [2.75, 3.05) is 0 Å². The van der Waals surface area contributed by atoms with E-state index in [4.69, 9.17) is 0 Å². The predicted octanol–water partition coefficient (Wildman–Crippen LogP) is 4.54. The molecule has 2 aromatic carbocycles.